The van der Waals surface area contributed by atoms with Crippen LogP contribution < -0.4 is 10.1 Å². The van der Waals surface area contributed by atoms with Crippen LogP contribution in [-0.4, -0.2) is 37.2 Å². The Bertz CT molecular complexity index is 502. The summed E-state index contributed by atoms with van der Waals surface area (Å²) in [5.74, 6) is 1.09. The fraction of sp³-hybridized carbons (Fsp3) is 0.667. The molecular weight excluding hydrogens is 260 g/mol. The van der Waals surface area contributed by atoms with Crippen LogP contribution in [0, 0.1) is 6.92 Å². The second kappa shape index (κ2) is 5.98. The molecule has 0 radical (unpaired) electrons. The van der Waals surface area contributed by atoms with Crippen LogP contribution in [0.2, 0.25) is 0 Å². The summed E-state index contributed by atoms with van der Waals surface area (Å²) in [5, 5.41) is 3.51. The maximum atomic E-state index is 6.55. The molecule has 2 atom stereocenters. The number of benzene rings is 1. The summed E-state index contributed by atoms with van der Waals surface area (Å²) in [6, 6.07) is 7.03. The molecule has 2 unspecified atom stereocenters. The first-order valence-corrected chi connectivity index (χ1v) is 8.35. The lowest BCUT2D eigenvalue weighted by atomic mass is 9.82. The zero-order chi connectivity index (χ0) is 14.9. The van der Waals surface area contributed by atoms with Crippen molar-refractivity contribution in [3.05, 3.63) is 29.3 Å². The van der Waals surface area contributed by atoms with Gasteiger partial charge in [0.1, 0.15) is 11.4 Å². The van der Waals surface area contributed by atoms with Crippen LogP contribution in [0.25, 0.3) is 0 Å². The van der Waals surface area contributed by atoms with Gasteiger partial charge in [-0.05, 0) is 52.4 Å². The number of fused-ring (bicyclic) bond motifs is 1. The van der Waals surface area contributed by atoms with Crippen LogP contribution in [0.15, 0.2) is 18.2 Å². The Hall–Kier alpha value is -1.06. The highest BCUT2D eigenvalue weighted by molar-refractivity contribution is 5.41. The van der Waals surface area contributed by atoms with Crippen molar-refractivity contribution in [1.82, 2.24) is 10.2 Å². The second-order valence-electron chi connectivity index (χ2n) is 6.66. The third kappa shape index (κ3) is 2.95. The van der Waals surface area contributed by atoms with Crippen molar-refractivity contribution in [2.45, 2.75) is 51.2 Å². The smallest absolute Gasteiger partial charge is 0.124 e. The zero-order valence-corrected chi connectivity index (χ0v) is 13.6. The molecule has 3 rings (SSSR count). The van der Waals surface area contributed by atoms with Crippen LogP contribution in [0.4, 0.5) is 0 Å². The van der Waals surface area contributed by atoms with Crippen molar-refractivity contribution in [2.24, 2.45) is 0 Å². The molecule has 1 aromatic rings. The number of likely N-dealkylation sites (tertiary alicyclic amines) is 1. The van der Waals surface area contributed by atoms with Crippen molar-refractivity contribution in [3.63, 3.8) is 0 Å². The predicted molar refractivity (Wildman–Crippen MR) is 86.9 cm³/mol. The summed E-state index contributed by atoms with van der Waals surface area (Å²) in [4.78, 5) is 2.55. The Labute approximate surface area is 128 Å². The lowest BCUT2D eigenvalue weighted by Gasteiger charge is -2.42. The van der Waals surface area contributed by atoms with Crippen molar-refractivity contribution >= 4 is 0 Å². The SMILES string of the molecule is CCN1CCCC2(CC1)CC(NC)c1cc(C)ccc1O2. The summed E-state index contributed by atoms with van der Waals surface area (Å²) < 4.78 is 6.55. The van der Waals surface area contributed by atoms with Gasteiger partial charge >= 0.3 is 0 Å². The highest BCUT2D eigenvalue weighted by atomic mass is 16.5. The number of rotatable bonds is 2. The van der Waals surface area contributed by atoms with E-state index in [1.807, 2.05) is 0 Å². The molecule has 1 fully saturated rings. The molecular formula is C18H28N2O. The van der Waals surface area contributed by atoms with Crippen LogP contribution in [0.3, 0.4) is 0 Å². The first-order chi connectivity index (χ1) is 10.2. The molecule has 0 aromatic heterocycles. The van der Waals surface area contributed by atoms with E-state index in [1.54, 1.807) is 0 Å². The van der Waals surface area contributed by atoms with Crippen molar-refractivity contribution in [3.8, 4) is 5.75 Å². The van der Waals surface area contributed by atoms with E-state index in [1.165, 1.54) is 30.5 Å². The van der Waals surface area contributed by atoms with E-state index in [2.05, 4.69) is 49.3 Å². The number of ether oxygens (including phenoxy) is 1. The normalized spacial score (nSPS) is 29.8. The molecule has 0 aliphatic carbocycles. The quantitative estimate of drug-likeness (QED) is 0.904. The zero-order valence-electron chi connectivity index (χ0n) is 13.6. The first-order valence-electron chi connectivity index (χ1n) is 8.35. The van der Waals surface area contributed by atoms with Gasteiger partial charge in [0.05, 0.1) is 0 Å². The topological polar surface area (TPSA) is 24.5 Å². The van der Waals surface area contributed by atoms with Crippen LogP contribution in [0.1, 0.15) is 49.8 Å². The molecule has 1 N–H and O–H groups in total. The summed E-state index contributed by atoms with van der Waals surface area (Å²) in [7, 11) is 2.07. The van der Waals surface area contributed by atoms with E-state index in [-0.39, 0.29) is 5.60 Å². The molecule has 1 aromatic carbocycles. The maximum absolute atomic E-state index is 6.55. The minimum atomic E-state index is 0.0276. The largest absolute Gasteiger partial charge is 0.487 e. The first kappa shape index (κ1) is 14.9. The standard InChI is InChI=1S/C18H28N2O/c1-4-20-10-5-8-18(9-11-20)13-16(19-3)15-12-14(2)6-7-17(15)21-18/h6-7,12,16,19H,4-5,8-11,13H2,1-3H3. The Morgan fingerprint density at radius 2 is 2.19 bits per heavy atom. The molecule has 2 aliphatic rings. The van der Waals surface area contributed by atoms with Crippen LogP contribution in [-0.2, 0) is 0 Å². The third-order valence-electron chi connectivity index (χ3n) is 5.23. The molecule has 0 amide bonds. The number of nitrogens with one attached hydrogen (secondary N) is 1. The number of aryl methyl sites for hydroxylation is 1. The summed E-state index contributed by atoms with van der Waals surface area (Å²) in [6.45, 7) is 7.94. The van der Waals surface area contributed by atoms with E-state index >= 15 is 0 Å². The fourth-order valence-corrected chi connectivity index (χ4v) is 3.89. The predicted octanol–water partition coefficient (Wildman–Crippen LogP) is 3.28. The van der Waals surface area contributed by atoms with Crippen molar-refractivity contribution in [2.75, 3.05) is 26.7 Å². The molecule has 1 saturated heterocycles. The van der Waals surface area contributed by atoms with Gasteiger partial charge in [0.15, 0.2) is 0 Å². The molecule has 1 spiro atoms. The molecule has 116 valence electrons. The van der Waals surface area contributed by atoms with Gasteiger partial charge in [-0.25, -0.2) is 0 Å². The number of hydrogen-bond acceptors (Lipinski definition) is 3. The van der Waals surface area contributed by atoms with E-state index < -0.39 is 0 Å². The van der Waals surface area contributed by atoms with Gasteiger partial charge in [-0.2, -0.15) is 0 Å². The molecule has 2 heterocycles. The highest BCUT2D eigenvalue weighted by Gasteiger charge is 2.41. The Kier molecular flexibility index (Phi) is 4.23. The maximum Gasteiger partial charge on any atom is 0.124 e. The Morgan fingerprint density at radius 3 is 2.95 bits per heavy atom. The van der Waals surface area contributed by atoms with Gasteiger partial charge < -0.3 is 15.0 Å². The van der Waals surface area contributed by atoms with Crippen LogP contribution in [0.5, 0.6) is 5.75 Å². The minimum absolute atomic E-state index is 0.0276. The molecule has 0 saturated carbocycles. The van der Waals surface area contributed by atoms with Gasteiger partial charge in [0.2, 0.25) is 0 Å². The monoisotopic (exact) mass is 288 g/mol. The third-order valence-corrected chi connectivity index (χ3v) is 5.23. The average Bonchev–Trinajstić information content (AvgIpc) is 2.69. The average molecular weight is 288 g/mol. The van der Waals surface area contributed by atoms with Crippen molar-refractivity contribution in [1.29, 1.82) is 0 Å². The number of nitrogens with zero attached hydrogens (tertiary/aromatic N) is 1. The van der Waals surface area contributed by atoms with Gasteiger partial charge in [0, 0.05) is 24.6 Å². The number of hydrogen-bond donors (Lipinski definition) is 1. The fourth-order valence-electron chi connectivity index (χ4n) is 3.89. The Morgan fingerprint density at radius 1 is 1.33 bits per heavy atom. The second-order valence-corrected chi connectivity index (χ2v) is 6.66. The summed E-state index contributed by atoms with van der Waals surface area (Å²) in [6.07, 6.45) is 4.66. The van der Waals surface area contributed by atoms with E-state index in [0.29, 0.717) is 6.04 Å². The summed E-state index contributed by atoms with van der Waals surface area (Å²) in [5.41, 5.74) is 2.67. The Balaban J connectivity index is 1.87. The molecule has 2 aliphatic heterocycles. The van der Waals surface area contributed by atoms with Crippen molar-refractivity contribution < 1.29 is 4.74 Å². The van der Waals surface area contributed by atoms with Crippen LogP contribution >= 0.6 is 0 Å². The molecule has 21 heavy (non-hydrogen) atoms. The lowest BCUT2D eigenvalue weighted by Crippen LogP contribution is -2.44. The van der Waals surface area contributed by atoms with Gasteiger partial charge in [-0.3, -0.25) is 0 Å². The summed E-state index contributed by atoms with van der Waals surface area (Å²) >= 11 is 0. The van der Waals surface area contributed by atoms with E-state index in [4.69, 9.17) is 4.74 Å². The highest BCUT2D eigenvalue weighted by Crippen LogP contribution is 2.44. The molecule has 3 nitrogen and oxygen atoms in total. The molecule has 0 bridgehead atoms. The lowest BCUT2D eigenvalue weighted by molar-refractivity contribution is 0.0177. The minimum Gasteiger partial charge on any atom is -0.487 e. The van der Waals surface area contributed by atoms with E-state index in [9.17, 15) is 0 Å². The van der Waals surface area contributed by atoms with Gasteiger partial charge in [0.25, 0.3) is 0 Å². The van der Waals surface area contributed by atoms with E-state index in [0.717, 1.165) is 31.7 Å². The van der Waals surface area contributed by atoms with Gasteiger partial charge in [-0.15, -0.1) is 0 Å². The van der Waals surface area contributed by atoms with Gasteiger partial charge in [-0.1, -0.05) is 24.6 Å². The molecule has 3 heteroatoms.